The monoisotopic (exact) mass is 316 g/mol. The fourth-order valence-corrected chi connectivity index (χ4v) is 2.60. The average Bonchev–Trinajstić information content (AvgIpc) is 2.80. The minimum Gasteiger partial charge on any atom is -0.338 e. The van der Waals surface area contributed by atoms with Gasteiger partial charge in [0.15, 0.2) is 0 Å². The Bertz CT molecular complexity index is 439. The second kappa shape index (κ2) is 5.38. The van der Waals surface area contributed by atoms with Gasteiger partial charge in [0.1, 0.15) is 0 Å². The zero-order chi connectivity index (χ0) is 12.4. The number of carbonyl (C=O) groups is 1. The van der Waals surface area contributed by atoms with Crippen LogP contribution in [-0.2, 0) is 0 Å². The Morgan fingerprint density at radius 1 is 1.59 bits per heavy atom. The Kier molecular flexibility index (Phi) is 4.07. The van der Waals surface area contributed by atoms with Crippen LogP contribution in [0.2, 0.25) is 5.02 Å². The standard InChI is InChI=1S/C12H14BrClN2O/c13-9-1-2-11(14)10(5-9)12(17)16-4-3-8(6-15)7-16/h1-2,5,8H,3-4,6-7,15H2. The molecule has 1 aliphatic rings. The molecule has 17 heavy (non-hydrogen) atoms. The minimum absolute atomic E-state index is 0.00718. The van der Waals surface area contributed by atoms with E-state index in [4.69, 9.17) is 17.3 Å². The summed E-state index contributed by atoms with van der Waals surface area (Å²) in [5.41, 5.74) is 6.17. The number of halogens is 2. The van der Waals surface area contributed by atoms with Gasteiger partial charge in [0.25, 0.3) is 5.91 Å². The van der Waals surface area contributed by atoms with Crippen LogP contribution in [0.25, 0.3) is 0 Å². The van der Waals surface area contributed by atoms with Crippen LogP contribution in [0.4, 0.5) is 0 Å². The molecule has 1 aliphatic heterocycles. The van der Waals surface area contributed by atoms with Crippen molar-refractivity contribution in [3.05, 3.63) is 33.3 Å². The van der Waals surface area contributed by atoms with Crippen molar-refractivity contribution < 1.29 is 4.79 Å². The van der Waals surface area contributed by atoms with Gasteiger partial charge in [0, 0.05) is 17.6 Å². The number of hydrogen-bond donors (Lipinski definition) is 1. The fraction of sp³-hybridized carbons (Fsp3) is 0.417. The highest BCUT2D eigenvalue weighted by atomic mass is 79.9. The molecule has 0 spiro atoms. The summed E-state index contributed by atoms with van der Waals surface area (Å²) in [4.78, 5) is 14.1. The number of nitrogens with zero attached hydrogens (tertiary/aromatic N) is 1. The lowest BCUT2D eigenvalue weighted by Crippen LogP contribution is -2.30. The third kappa shape index (κ3) is 2.81. The molecular formula is C12H14BrClN2O. The maximum absolute atomic E-state index is 12.3. The summed E-state index contributed by atoms with van der Waals surface area (Å²) < 4.78 is 0.861. The van der Waals surface area contributed by atoms with Crippen molar-refractivity contribution in [2.45, 2.75) is 6.42 Å². The minimum atomic E-state index is -0.00718. The summed E-state index contributed by atoms with van der Waals surface area (Å²) in [6.45, 7) is 2.14. The van der Waals surface area contributed by atoms with E-state index in [1.54, 1.807) is 12.1 Å². The van der Waals surface area contributed by atoms with Crippen molar-refractivity contribution >= 4 is 33.4 Å². The SMILES string of the molecule is NCC1CCN(C(=O)c2cc(Br)ccc2Cl)C1. The fourth-order valence-electron chi connectivity index (χ4n) is 2.04. The summed E-state index contributed by atoms with van der Waals surface area (Å²) in [7, 11) is 0. The van der Waals surface area contributed by atoms with Gasteiger partial charge in [-0.25, -0.2) is 0 Å². The lowest BCUT2D eigenvalue weighted by molar-refractivity contribution is 0.0788. The summed E-state index contributed by atoms with van der Waals surface area (Å²) in [5, 5.41) is 0.495. The molecule has 1 aromatic carbocycles. The lowest BCUT2D eigenvalue weighted by Gasteiger charge is -2.17. The van der Waals surface area contributed by atoms with Crippen LogP contribution < -0.4 is 5.73 Å². The largest absolute Gasteiger partial charge is 0.338 e. The second-order valence-electron chi connectivity index (χ2n) is 4.27. The van der Waals surface area contributed by atoms with E-state index in [-0.39, 0.29) is 5.91 Å². The molecular weight excluding hydrogens is 304 g/mol. The third-order valence-electron chi connectivity index (χ3n) is 3.07. The summed E-state index contributed by atoms with van der Waals surface area (Å²) in [5.74, 6) is 0.414. The number of likely N-dealkylation sites (tertiary alicyclic amines) is 1. The van der Waals surface area contributed by atoms with E-state index >= 15 is 0 Å². The molecule has 0 saturated carbocycles. The molecule has 5 heteroatoms. The Morgan fingerprint density at radius 2 is 2.35 bits per heavy atom. The molecule has 1 saturated heterocycles. The maximum Gasteiger partial charge on any atom is 0.255 e. The van der Waals surface area contributed by atoms with E-state index < -0.39 is 0 Å². The quantitative estimate of drug-likeness (QED) is 0.911. The molecule has 0 bridgehead atoms. The first-order chi connectivity index (χ1) is 8.11. The van der Waals surface area contributed by atoms with Gasteiger partial charge in [-0.15, -0.1) is 0 Å². The highest BCUT2D eigenvalue weighted by Crippen LogP contribution is 2.25. The molecule has 92 valence electrons. The molecule has 0 aliphatic carbocycles. The molecule has 0 radical (unpaired) electrons. The normalized spacial score (nSPS) is 19.7. The molecule has 2 N–H and O–H groups in total. The van der Waals surface area contributed by atoms with Gasteiger partial charge in [0.05, 0.1) is 10.6 Å². The van der Waals surface area contributed by atoms with Crippen LogP contribution in [0.3, 0.4) is 0 Å². The van der Waals surface area contributed by atoms with Crippen molar-refractivity contribution in [2.75, 3.05) is 19.6 Å². The molecule has 2 rings (SSSR count). The number of benzene rings is 1. The third-order valence-corrected chi connectivity index (χ3v) is 3.89. The average molecular weight is 318 g/mol. The summed E-state index contributed by atoms with van der Waals surface area (Å²) in [6.07, 6.45) is 0.980. The number of rotatable bonds is 2. The molecule has 1 atom stereocenters. The van der Waals surface area contributed by atoms with Crippen LogP contribution in [0.15, 0.2) is 22.7 Å². The molecule has 1 heterocycles. The number of nitrogens with two attached hydrogens (primary N) is 1. The number of carbonyl (C=O) groups excluding carboxylic acids is 1. The first-order valence-corrected chi connectivity index (χ1v) is 6.73. The van der Waals surface area contributed by atoms with Gasteiger partial charge < -0.3 is 10.6 Å². The van der Waals surface area contributed by atoms with E-state index in [1.165, 1.54) is 0 Å². The Labute approximate surface area is 114 Å². The lowest BCUT2D eigenvalue weighted by atomic mass is 10.1. The summed E-state index contributed by atoms with van der Waals surface area (Å²) in [6, 6.07) is 5.32. The van der Waals surface area contributed by atoms with Gasteiger partial charge in [-0.2, -0.15) is 0 Å². The van der Waals surface area contributed by atoms with Gasteiger partial charge in [-0.3, -0.25) is 4.79 Å². The van der Waals surface area contributed by atoms with Gasteiger partial charge in [-0.05, 0) is 37.1 Å². The smallest absolute Gasteiger partial charge is 0.255 e. The van der Waals surface area contributed by atoms with Crippen molar-refractivity contribution in [3.8, 4) is 0 Å². The van der Waals surface area contributed by atoms with Crippen molar-refractivity contribution in [1.29, 1.82) is 0 Å². The van der Waals surface area contributed by atoms with Crippen molar-refractivity contribution in [2.24, 2.45) is 11.7 Å². The molecule has 1 aromatic rings. The topological polar surface area (TPSA) is 46.3 Å². The zero-order valence-electron chi connectivity index (χ0n) is 9.33. The Balaban J connectivity index is 2.17. The highest BCUT2D eigenvalue weighted by molar-refractivity contribution is 9.10. The Morgan fingerprint density at radius 3 is 3.00 bits per heavy atom. The van der Waals surface area contributed by atoms with Crippen LogP contribution >= 0.6 is 27.5 Å². The van der Waals surface area contributed by atoms with Crippen LogP contribution in [-0.4, -0.2) is 30.4 Å². The molecule has 1 amide bonds. The van der Waals surface area contributed by atoms with E-state index in [0.717, 1.165) is 24.0 Å². The second-order valence-corrected chi connectivity index (χ2v) is 5.59. The van der Waals surface area contributed by atoms with Gasteiger partial charge >= 0.3 is 0 Å². The molecule has 1 unspecified atom stereocenters. The molecule has 1 fully saturated rings. The van der Waals surface area contributed by atoms with Crippen molar-refractivity contribution in [3.63, 3.8) is 0 Å². The van der Waals surface area contributed by atoms with E-state index in [9.17, 15) is 4.79 Å². The van der Waals surface area contributed by atoms with E-state index in [0.29, 0.717) is 23.0 Å². The van der Waals surface area contributed by atoms with Gasteiger partial charge in [-0.1, -0.05) is 27.5 Å². The Hall–Kier alpha value is -0.580. The predicted molar refractivity (Wildman–Crippen MR) is 72.2 cm³/mol. The van der Waals surface area contributed by atoms with E-state index in [2.05, 4.69) is 15.9 Å². The first-order valence-electron chi connectivity index (χ1n) is 5.56. The van der Waals surface area contributed by atoms with Crippen LogP contribution in [0, 0.1) is 5.92 Å². The molecule has 0 aromatic heterocycles. The van der Waals surface area contributed by atoms with Gasteiger partial charge in [0.2, 0.25) is 0 Å². The number of hydrogen-bond acceptors (Lipinski definition) is 2. The number of amides is 1. The van der Waals surface area contributed by atoms with E-state index in [1.807, 2.05) is 11.0 Å². The zero-order valence-corrected chi connectivity index (χ0v) is 11.7. The highest BCUT2D eigenvalue weighted by Gasteiger charge is 2.27. The molecule has 3 nitrogen and oxygen atoms in total. The predicted octanol–water partition coefficient (Wildman–Crippen LogP) is 2.52. The van der Waals surface area contributed by atoms with Crippen LogP contribution in [0.5, 0.6) is 0 Å². The summed E-state index contributed by atoms with van der Waals surface area (Å²) >= 11 is 9.40. The van der Waals surface area contributed by atoms with Crippen molar-refractivity contribution in [1.82, 2.24) is 4.90 Å². The maximum atomic E-state index is 12.3. The van der Waals surface area contributed by atoms with Crippen LogP contribution in [0.1, 0.15) is 16.8 Å². The first kappa shape index (κ1) is 12.9.